The first-order valence-corrected chi connectivity index (χ1v) is 9.98. The minimum atomic E-state index is -0.393. The van der Waals surface area contributed by atoms with E-state index >= 15 is 0 Å². The number of nitrogens with one attached hydrogen (secondary N) is 1. The molecule has 0 aliphatic carbocycles. The Hall–Kier alpha value is -2.32. The number of benzene rings is 2. The summed E-state index contributed by atoms with van der Waals surface area (Å²) in [4.78, 5) is 30.4. The number of rotatable bonds is 6. The summed E-state index contributed by atoms with van der Waals surface area (Å²) in [5.41, 5.74) is -0.212. The van der Waals surface area contributed by atoms with E-state index in [1.165, 1.54) is 4.57 Å². The van der Waals surface area contributed by atoms with Gasteiger partial charge in [0.15, 0.2) is 0 Å². The average molecular weight is 452 g/mol. The van der Waals surface area contributed by atoms with E-state index in [0.717, 1.165) is 39.3 Å². The van der Waals surface area contributed by atoms with Crippen molar-refractivity contribution in [2.45, 2.75) is 13.0 Å². The van der Waals surface area contributed by atoms with Gasteiger partial charge >= 0.3 is 5.69 Å². The zero-order valence-electron chi connectivity index (χ0n) is 16.3. The van der Waals surface area contributed by atoms with Crippen molar-refractivity contribution in [3.05, 3.63) is 68.3 Å². The number of hydrogen-bond donors (Lipinski definition) is 1. The van der Waals surface area contributed by atoms with Crippen molar-refractivity contribution in [3.8, 4) is 11.5 Å². The van der Waals surface area contributed by atoms with E-state index in [-0.39, 0.29) is 18.0 Å². The van der Waals surface area contributed by atoms with Crippen LogP contribution in [0.4, 0.5) is 0 Å². The van der Waals surface area contributed by atoms with Crippen LogP contribution < -0.4 is 16.0 Å². The fourth-order valence-corrected chi connectivity index (χ4v) is 3.54. The van der Waals surface area contributed by atoms with E-state index in [0.29, 0.717) is 34.0 Å². The predicted octanol–water partition coefficient (Wildman–Crippen LogP) is 3.28. The van der Waals surface area contributed by atoms with Crippen molar-refractivity contribution in [2.75, 3.05) is 32.8 Å². The first-order valence-electron chi connectivity index (χ1n) is 9.60. The largest absolute Gasteiger partial charge is 0.457 e. The highest BCUT2D eigenvalue weighted by Gasteiger charge is 2.12. The predicted molar refractivity (Wildman–Crippen MR) is 119 cm³/mol. The van der Waals surface area contributed by atoms with Crippen LogP contribution >= 0.6 is 24.0 Å². The third-order valence-corrected chi connectivity index (χ3v) is 5.21. The van der Waals surface area contributed by atoms with E-state index in [1.807, 2.05) is 0 Å². The van der Waals surface area contributed by atoms with Crippen LogP contribution in [0.15, 0.2) is 52.1 Å². The van der Waals surface area contributed by atoms with Gasteiger partial charge < -0.3 is 14.5 Å². The smallest absolute Gasteiger partial charge is 0.328 e. The molecular weight excluding hydrogens is 429 g/mol. The summed E-state index contributed by atoms with van der Waals surface area (Å²) < 4.78 is 12.4. The van der Waals surface area contributed by atoms with Crippen molar-refractivity contribution < 1.29 is 9.47 Å². The van der Waals surface area contributed by atoms with Crippen LogP contribution in [0.5, 0.6) is 11.5 Å². The molecule has 2 heterocycles. The molecule has 1 N–H and O–H groups in total. The maximum absolute atomic E-state index is 12.9. The molecule has 9 heteroatoms. The number of hydrogen-bond acceptors (Lipinski definition) is 5. The monoisotopic (exact) mass is 451 g/mol. The zero-order valence-corrected chi connectivity index (χ0v) is 17.9. The summed E-state index contributed by atoms with van der Waals surface area (Å²) in [5.74, 6) is 1.13. The van der Waals surface area contributed by atoms with Gasteiger partial charge in [-0.3, -0.25) is 14.3 Å². The second kappa shape index (κ2) is 10.1. The van der Waals surface area contributed by atoms with Gasteiger partial charge in [0.05, 0.1) is 24.1 Å². The maximum atomic E-state index is 12.9. The second-order valence-corrected chi connectivity index (χ2v) is 7.39. The average Bonchev–Trinajstić information content (AvgIpc) is 2.73. The highest BCUT2D eigenvalue weighted by Crippen LogP contribution is 2.24. The Labute approximate surface area is 184 Å². The minimum Gasteiger partial charge on any atom is -0.457 e. The van der Waals surface area contributed by atoms with Crippen LogP contribution in [0.25, 0.3) is 10.9 Å². The molecule has 1 aliphatic rings. The van der Waals surface area contributed by atoms with Gasteiger partial charge in [0, 0.05) is 31.2 Å². The number of nitrogens with zero attached hydrogens (tertiary/aromatic N) is 2. The van der Waals surface area contributed by atoms with Gasteiger partial charge in [-0.25, -0.2) is 4.79 Å². The fourth-order valence-electron chi connectivity index (χ4n) is 3.41. The van der Waals surface area contributed by atoms with Gasteiger partial charge in [-0.15, -0.1) is 12.4 Å². The summed E-state index contributed by atoms with van der Waals surface area (Å²) >= 11 is 5.89. The molecule has 1 aromatic heterocycles. The van der Waals surface area contributed by atoms with Gasteiger partial charge in [0.25, 0.3) is 5.56 Å². The molecular formula is C21H23Cl2N3O4. The molecule has 0 atom stereocenters. The molecule has 7 nitrogen and oxygen atoms in total. The van der Waals surface area contributed by atoms with Crippen LogP contribution in [0, 0.1) is 0 Å². The van der Waals surface area contributed by atoms with Crippen molar-refractivity contribution in [1.82, 2.24) is 14.5 Å². The number of halogens is 2. The Morgan fingerprint density at radius 2 is 1.70 bits per heavy atom. The summed E-state index contributed by atoms with van der Waals surface area (Å²) in [6.45, 7) is 4.42. The summed E-state index contributed by atoms with van der Waals surface area (Å²) in [6, 6.07) is 12.0. The lowest BCUT2D eigenvalue weighted by molar-refractivity contribution is 0.0368. The fraction of sp³-hybridized carbons (Fsp3) is 0.333. The number of fused-ring (bicyclic) bond motifs is 1. The SMILES string of the molecule is Cl.O=c1[nH]c2ccc(Oc3ccc(Cl)cc3)cc2c(=O)n1CCCN1CCOCC1. The molecule has 30 heavy (non-hydrogen) atoms. The molecule has 0 saturated carbocycles. The van der Waals surface area contributed by atoms with E-state index in [1.54, 1.807) is 42.5 Å². The summed E-state index contributed by atoms with van der Waals surface area (Å²) in [7, 11) is 0. The minimum absolute atomic E-state index is 0. The van der Waals surface area contributed by atoms with Gasteiger partial charge in [-0.05, 0) is 48.9 Å². The van der Waals surface area contributed by atoms with E-state index < -0.39 is 5.69 Å². The second-order valence-electron chi connectivity index (χ2n) is 6.96. The first kappa shape index (κ1) is 22.4. The Morgan fingerprint density at radius 1 is 1.00 bits per heavy atom. The lowest BCUT2D eigenvalue weighted by Crippen LogP contribution is -2.39. The molecule has 4 rings (SSSR count). The Morgan fingerprint density at radius 3 is 2.43 bits per heavy atom. The molecule has 0 unspecified atom stereocenters. The molecule has 3 aromatic rings. The van der Waals surface area contributed by atoms with E-state index in [2.05, 4.69) is 9.88 Å². The summed E-state index contributed by atoms with van der Waals surface area (Å²) in [5, 5.41) is 1.04. The number of aromatic amines is 1. The molecule has 1 fully saturated rings. The van der Waals surface area contributed by atoms with Crippen LogP contribution in [0.1, 0.15) is 6.42 Å². The van der Waals surface area contributed by atoms with E-state index in [9.17, 15) is 9.59 Å². The van der Waals surface area contributed by atoms with Crippen molar-refractivity contribution >= 4 is 34.9 Å². The number of H-pyrrole nitrogens is 1. The Balaban J connectivity index is 0.00000256. The normalized spacial score (nSPS) is 14.4. The standard InChI is InChI=1S/C21H22ClN3O4.ClH/c22-15-2-4-16(5-3-15)29-17-6-7-19-18(14-17)20(26)25(21(27)23-19)9-1-8-24-10-12-28-13-11-24;/h2-7,14H,1,8-13H2,(H,23,27);1H. The van der Waals surface area contributed by atoms with Crippen molar-refractivity contribution in [2.24, 2.45) is 0 Å². The zero-order chi connectivity index (χ0) is 20.2. The topological polar surface area (TPSA) is 76.6 Å². The number of aromatic nitrogens is 2. The molecule has 1 aliphatic heterocycles. The number of ether oxygens (including phenoxy) is 2. The first-order chi connectivity index (χ1) is 14.1. The summed E-state index contributed by atoms with van der Waals surface area (Å²) in [6.07, 6.45) is 0.718. The van der Waals surface area contributed by atoms with Gasteiger partial charge in [0.1, 0.15) is 11.5 Å². The molecule has 2 aromatic carbocycles. The van der Waals surface area contributed by atoms with Crippen molar-refractivity contribution in [1.29, 1.82) is 0 Å². The Bertz CT molecular complexity index is 1110. The molecule has 0 amide bonds. The van der Waals surface area contributed by atoms with Crippen LogP contribution in [0.2, 0.25) is 5.02 Å². The third-order valence-electron chi connectivity index (χ3n) is 4.96. The van der Waals surface area contributed by atoms with Crippen molar-refractivity contribution in [3.63, 3.8) is 0 Å². The molecule has 0 bridgehead atoms. The highest BCUT2D eigenvalue weighted by molar-refractivity contribution is 6.30. The lowest BCUT2D eigenvalue weighted by Gasteiger charge is -2.26. The Kier molecular flexibility index (Phi) is 7.55. The number of morpholine rings is 1. The quantitative estimate of drug-likeness (QED) is 0.622. The lowest BCUT2D eigenvalue weighted by atomic mass is 10.2. The molecule has 0 radical (unpaired) electrons. The van der Waals surface area contributed by atoms with Crippen LogP contribution in [0.3, 0.4) is 0 Å². The highest BCUT2D eigenvalue weighted by atomic mass is 35.5. The van der Waals surface area contributed by atoms with Gasteiger partial charge in [-0.2, -0.15) is 0 Å². The van der Waals surface area contributed by atoms with Crippen LogP contribution in [-0.2, 0) is 11.3 Å². The van der Waals surface area contributed by atoms with Gasteiger partial charge in [-0.1, -0.05) is 11.6 Å². The van der Waals surface area contributed by atoms with E-state index in [4.69, 9.17) is 21.1 Å². The molecule has 0 spiro atoms. The molecule has 1 saturated heterocycles. The third kappa shape index (κ3) is 5.23. The van der Waals surface area contributed by atoms with Crippen LogP contribution in [-0.4, -0.2) is 47.3 Å². The maximum Gasteiger partial charge on any atom is 0.328 e. The van der Waals surface area contributed by atoms with Gasteiger partial charge in [0.2, 0.25) is 0 Å². The molecule has 160 valence electrons.